The van der Waals surface area contributed by atoms with Crippen molar-refractivity contribution in [3.63, 3.8) is 0 Å². The molecular weight excluding hydrogens is 209 g/mol. The second-order valence-corrected chi connectivity index (χ2v) is 4.37. The molecule has 0 fully saturated rings. The monoisotopic (exact) mass is 220 g/mol. The first-order valence-electron chi connectivity index (χ1n) is 4.13. The molecule has 0 bridgehead atoms. The van der Waals surface area contributed by atoms with Crippen LogP contribution in [-0.4, -0.2) is 5.51 Å². The van der Waals surface area contributed by atoms with Gasteiger partial charge in [-0.05, 0) is 61.4 Å². The Kier molecular flexibility index (Phi) is 3.14. The molecule has 4 heteroatoms. The summed E-state index contributed by atoms with van der Waals surface area (Å²) >= 11 is -0.0622. The Hall–Kier alpha value is -0.640. The fourth-order valence-corrected chi connectivity index (χ4v) is 1.93. The molecule has 0 nitrogen and oxygen atoms in total. The number of alkyl halides is 3. The molecule has 0 N–H and O–H groups in total. The average Bonchev–Trinajstić information content (AvgIpc) is 1.96. The largest absolute Gasteiger partial charge is 0.446 e. The molecule has 0 saturated heterocycles. The molecule has 0 aliphatic carbocycles. The zero-order valence-electron chi connectivity index (χ0n) is 8.20. The number of thioether (sulfide) groups is 1. The van der Waals surface area contributed by atoms with Gasteiger partial charge >= 0.3 is 5.51 Å². The standard InChI is InChI=1S/C10H11F3S/c1-6-4-9(14-10(11,12)13)5-7(2)8(6)3/h4-5H,1-3H3. The van der Waals surface area contributed by atoms with E-state index in [1.165, 1.54) is 0 Å². The minimum absolute atomic E-state index is 0.0622. The summed E-state index contributed by atoms with van der Waals surface area (Å²) in [5.74, 6) is 0. The van der Waals surface area contributed by atoms with Crippen LogP contribution in [0.2, 0.25) is 0 Å². The van der Waals surface area contributed by atoms with Crippen LogP contribution in [0.4, 0.5) is 13.2 Å². The Morgan fingerprint density at radius 2 is 1.43 bits per heavy atom. The predicted octanol–water partition coefficient (Wildman–Crippen LogP) is 4.22. The van der Waals surface area contributed by atoms with Crippen molar-refractivity contribution in [1.82, 2.24) is 0 Å². The summed E-state index contributed by atoms with van der Waals surface area (Å²) in [6.07, 6.45) is 0. The second-order valence-electron chi connectivity index (χ2n) is 3.23. The van der Waals surface area contributed by atoms with E-state index in [1.807, 2.05) is 20.8 Å². The van der Waals surface area contributed by atoms with E-state index in [-0.39, 0.29) is 16.7 Å². The van der Waals surface area contributed by atoms with Crippen molar-refractivity contribution in [1.29, 1.82) is 0 Å². The number of hydrogen-bond acceptors (Lipinski definition) is 1. The maximum absolute atomic E-state index is 12.1. The van der Waals surface area contributed by atoms with Crippen LogP contribution in [0.1, 0.15) is 16.7 Å². The summed E-state index contributed by atoms with van der Waals surface area (Å²) in [6.45, 7) is 5.55. The molecule has 0 saturated carbocycles. The quantitative estimate of drug-likeness (QED) is 0.638. The molecule has 78 valence electrons. The molecule has 1 rings (SSSR count). The van der Waals surface area contributed by atoms with E-state index in [1.54, 1.807) is 12.1 Å². The van der Waals surface area contributed by atoms with Gasteiger partial charge in [-0.3, -0.25) is 0 Å². The van der Waals surface area contributed by atoms with Gasteiger partial charge in [0, 0.05) is 4.90 Å². The molecule has 0 spiro atoms. The lowest BCUT2D eigenvalue weighted by molar-refractivity contribution is -0.0328. The third-order valence-electron chi connectivity index (χ3n) is 2.13. The van der Waals surface area contributed by atoms with Gasteiger partial charge in [-0.1, -0.05) is 0 Å². The van der Waals surface area contributed by atoms with Crippen LogP contribution in [0.25, 0.3) is 0 Å². The molecule has 0 atom stereocenters. The maximum Gasteiger partial charge on any atom is 0.446 e. The number of halogens is 3. The Labute approximate surface area is 85.5 Å². The van der Waals surface area contributed by atoms with E-state index < -0.39 is 5.51 Å². The van der Waals surface area contributed by atoms with Crippen molar-refractivity contribution in [2.45, 2.75) is 31.2 Å². The van der Waals surface area contributed by atoms with Crippen LogP contribution in [0, 0.1) is 20.8 Å². The summed E-state index contributed by atoms with van der Waals surface area (Å²) in [5, 5.41) is 0. The molecular formula is C10H11F3S. The van der Waals surface area contributed by atoms with E-state index in [2.05, 4.69) is 0 Å². The van der Waals surface area contributed by atoms with Crippen LogP contribution >= 0.6 is 11.8 Å². The zero-order chi connectivity index (χ0) is 10.9. The van der Waals surface area contributed by atoms with Gasteiger partial charge in [-0.15, -0.1) is 0 Å². The van der Waals surface area contributed by atoms with E-state index in [0.29, 0.717) is 0 Å². The normalized spacial score (nSPS) is 11.9. The SMILES string of the molecule is Cc1cc(SC(F)(F)F)cc(C)c1C. The van der Waals surface area contributed by atoms with Crippen LogP contribution in [0.15, 0.2) is 17.0 Å². The van der Waals surface area contributed by atoms with Crippen molar-refractivity contribution < 1.29 is 13.2 Å². The van der Waals surface area contributed by atoms with Gasteiger partial charge in [-0.25, -0.2) is 0 Å². The lowest BCUT2D eigenvalue weighted by atomic mass is 10.1. The number of rotatable bonds is 1. The van der Waals surface area contributed by atoms with Crippen molar-refractivity contribution in [3.05, 3.63) is 28.8 Å². The van der Waals surface area contributed by atoms with Crippen LogP contribution in [0.3, 0.4) is 0 Å². The van der Waals surface area contributed by atoms with E-state index in [4.69, 9.17) is 0 Å². The van der Waals surface area contributed by atoms with Crippen LogP contribution in [-0.2, 0) is 0 Å². The van der Waals surface area contributed by atoms with Gasteiger partial charge in [0.15, 0.2) is 0 Å². The minimum atomic E-state index is -4.20. The van der Waals surface area contributed by atoms with Gasteiger partial charge in [0.2, 0.25) is 0 Å². The van der Waals surface area contributed by atoms with E-state index in [0.717, 1.165) is 16.7 Å². The second kappa shape index (κ2) is 3.85. The fourth-order valence-electron chi connectivity index (χ4n) is 1.19. The summed E-state index contributed by atoms with van der Waals surface area (Å²) in [4.78, 5) is 0.262. The van der Waals surface area contributed by atoms with Gasteiger partial charge in [0.1, 0.15) is 0 Å². The topological polar surface area (TPSA) is 0 Å². The smallest absolute Gasteiger partial charge is 0.160 e. The maximum atomic E-state index is 12.1. The molecule has 0 radical (unpaired) electrons. The van der Waals surface area contributed by atoms with Crippen molar-refractivity contribution >= 4 is 11.8 Å². The van der Waals surface area contributed by atoms with E-state index >= 15 is 0 Å². The first kappa shape index (κ1) is 11.4. The third kappa shape index (κ3) is 2.94. The average molecular weight is 220 g/mol. The lowest BCUT2D eigenvalue weighted by Gasteiger charge is -2.10. The Morgan fingerprint density at radius 3 is 1.79 bits per heavy atom. The highest BCUT2D eigenvalue weighted by molar-refractivity contribution is 8.00. The van der Waals surface area contributed by atoms with E-state index in [9.17, 15) is 13.2 Å². The minimum Gasteiger partial charge on any atom is -0.160 e. The van der Waals surface area contributed by atoms with Crippen LogP contribution in [0.5, 0.6) is 0 Å². The molecule has 14 heavy (non-hydrogen) atoms. The van der Waals surface area contributed by atoms with Crippen molar-refractivity contribution in [2.24, 2.45) is 0 Å². The lowest BCUT2D eigenvalue weighted by Crippen LogP contribution is -2.00. The van der Waals surface area contributed by atoms with Gasteiger partial charge in [0.05, 0.1) is 0 Å². The summed E-state index contributed by atoms with van der Waals surface area (Å²) in [5.41, 5.74) is -1.35. The first-order chi connectivity index (χ1) is 6.29. The van der Waals surface area contributed by atoms with Crippen molar-refractivity contribution in [2.75, 3.05) is 0 Å². The van der Waals surface area contributed by atoms with Gasteiger partial charge < -0.3 is 0 Å². The number of aryl methyl sites for hydroxylation is 2. The highest BCUT2D eigenvalue weighted by atomic mass is 32.2. The molecule has 0 heterocycles. The van der Waals surface area contributed by atoms with Crippen LogP contribution < -0.4 is 0 Å². The first-order valence-corrected chi connectivity index (χ1v) is 4.95. The Balaban J connectivity index is 3.02. The highest BCUT2D eigenvalue weighted by Crippen LogP contribution is 2.37. The number of hydrogen-bond donors (Lipinski definition) is 0. The molecule has 0 aromatic heterocycles. The summed E-state index contributed by atoms with van der Waals surface area (Å²) in [6, 6.07) is 3.14. The summed E-state index contributed by atoms with van der Waals surface area (Å²) < 4.78 is 36.2. The fraction of sp³-hybridized carbons (Fsp3) is 0.400. The van der Waals surface area contributed by atoms with Crippen molar-refractivity contribution in [3.8, 4) is 0 Å². The molecule has 1 aromatic carbocycles. The third-order valence-corrected chi connectivity index (χ3v) is 2.84. The predicted molar refractivity (Wildman–Crippen MR) is 52.6 cm³/mol. The molecule has 0 aliphatic rings. The Bertz CT molecular complexity index is 319. The molecule has 0 aliphatic heterocycles. The molecule has 0 unspecified atom stereocenters. The summed E-state index contributed by atoms with van der Waals surface area (Å²) in [7, 11) is 0. The number of benzene rings is 1. The van der Waals surface area contributed by atoms with Gasteiger partial charge in [-0.2, -0.15) is 13.2 Å². The highest BCUT2D eigenvalue weighted by Gasteiger charge is 2.29. The molecule has 0 amide bonds. The van der Waals surface area contributed by atoms with Gasteiger partial charge in [0.25, 0.3) is 0 Å². The zero-order valence-corrected chi connectivity index (χ0v) is 9.01. The Morgan fingerprint density at radius 1 is 1.00 bits per heavy atom. The molecule has 1 aromatic rings.